The van der Waals surface area contributed by atoms with Crippen molar-refractivity contribution < 1.29 is 18.1 Å². The number of rotatable bonds is 4. The van der Waals surface area contributed by atoms with Gasteiger partial charge in [0.1, 0.15) is 4.91 Å². The number of benzene rings is 3. The van der Waals surface area contributed by atoms with Crippen molar-refractivity contribution in [3.05, 3.63) is 108 Å². The number of anilines is 1. The molecule has 1 fully saturated rings. The van der Waals surface area contributed by atoms with Crippen molar-refractivity contribution in [3.8, 4) is 0 Å². The molecule has 0 saturated carbocycles. The zero-order chi connectivity index (χ0) is 23.9. The first-order valence-electron chi connectivity index (χ1n) is 9.96. The molecule has 1 amide bonds. The first-order chi connectivity index (χ1) is 15.6. The Labute approximate surface area is 199 Å². The molecule has 9 heteroatoms. The molecule has 1 atom stereocenters. The van der Waals surface area contributed by atoms with Crippen LogP contribution in [0.25, 0.3) is 6.08 Å². The van der Waals surface area contributed by atoms with E-state index in [1.165, 1.54) is 35.2 Å². The molecule has 0 radical (unpaired) electrons. The first-order valence-corrected chi connectivity index (χ1v) is 12.3. The van der Waals surface area contributed by atoms with E-state index in [4.69, 9.17) is 0 Å². The number of sulfone groups is 1. The number of halogens is 1. The van der Waals surface area contributed by atoms with Crippen molar-refractivity contribution in [2.24, 2.45) is 0 Å². The average molecular weight is 527 g/mol. The maximum atomic E-state index is 13.7. The highest BCUT2D eigenvalue weighted by molar-refractivity contribution is 9.10. The summed E-state index contributed by atoms with van der Waals surface area (Å²) < 4.78 is 28.2. The molecule has 3 aromatic rings. The van der Waals surface area contributed by atoms with Crippen LogP contribution in [-0.2, 0) is 14.6 Å². The first kappa shape index (κ1) is 22.9. The van der Waals surface area contributed by atoms with Gasteiger partial charge in [0.05, 0.1) is 4.92 Å². The molecule has 0 N–H and O–H groups in total. The molecule has 4 rings (SSSR count). The summed E-state index contributed by atoms with van der Waals surface area (Å²) in [7, 11) is -4.20. The van der Waals surface area contributed by atoms with Crippen LogP contribution in [0.1, 0.15) is 27.6 Å². The van der Waals surface area contributed by atoms with Crippen molar-refractivity contribution >= 4 is 49.1 Å². The fraction of sp³-hybridized carbons (Fsp3) is 0.125. The number of carbonyl (C=O) groups is 1. The molecule has 1 aliphatic heterocycles. The predicted molar refractivity (Wildman–Crippen MR) is 130 cm³/mol. The molecule has 0 aromatic heterocycles. The summed E-state index contributed by atoms with van der Waals surface area (Å²) in [5.41, 5.74) is 2.73. The summed E-state index contributed by atoms with van der Waals surface area (Å²) in [4.78, 5) is 25.1. The minimum Gasteiger partial charge on any atom is -0.286 e. The number of nitro groups is 1. The van der Waals surface area contributed by atoms with Gasteiger partial charge in [-0.05, 0) is 66.4 Å². The van der Waals surface area contributed by atoms with E-state index in [1.54, 1.807) is 36.4 Å². The van der Waals surface area contributed by atoms with Gasteiger partial charge in [0.2, 0.25) is 9.84 Å². The van der Waals surface area contributed by atoms with E-state index >= 15 is 0 Å². The van der Waals surface area contributed by atoms with Crippen LogP contribution in [0.4, 0.5) is 11.4 Å². The van der Waals surface area contributed by atoms with Crippen LogP contribution in [0, 0.1) is 24.0 Å². The predicted octanol–water partition coefficient (Wildman–Crippen LogP) is 5.48. The molecule has 1 saturated heterocycles. The molecule has 3 aromatic carbocycles. The molecule has 0 aliphatic carbocycles. The summed E-state index contributed by atoms with van der Waals surface area (Å²) in [6.45, 7) is 3.79. The van der Waals surface area contributed by atoms with Crippen LogP contribution in [-0.4, -0.2) is 19.2 Å². The van der Waals surface area contributed by atoms with Gasteiger partial charge in [-0.25, -0.2) is 8.42 Å². The maximum absolute atomic E-state index is 13.7. The number of carbonyl (C=O) groups excluding carboxylic acids is 1. The van der Waals surface area contributed by atoms with Gasteiger partial charge in [-0.3, -0.25) is 19.8 Å². The average Bonchev–Trinajstić information content (AvgIpc) is 2.97. The van der Waals surface area contributed by atoms with E-state index in [0.29, 0.717) is 11.3 Å². The Bertz CT molecular complexity index is 1420. The monoisotopic (exact) mass is 526 g/mol. The van der Waals surface area contributed by atoms with Gasteiger partial charge in [-0.15, -0.1) is 0 Å². The molecular formula is C24H19BrN2O5S. The summed E-state index contributed by atoms with van der Waals surface area (Å²) in [5.74, 6) is -0.683. The summed E-state index contributed by atoms with van der Waals surface area (Å²) in [6, 6.07) is 17.5. The van der Waals surface area contributed by atoms with E-state index in [2.05, 4.69) is 15.9 Å². The molecule has 7 nitrogen and oxygen atoms in total. The molecule has 33 heavy (non-hydrogen) atoms. The standard InChI is InChI=1S/C24H19BrN2O5S/c1-15-6-11-20(12-16(15)2)26-23(28)22(13-17-7-9-19(25)10-8-17)33(31,32)24(26)18-4-3-5-21(14-18)27(29)30/h3-14,24H,1-2H3/b22-13+. The minimum atomic E-state index is -4.20. The lowest BCUT2D eigenvalue weighted by molar-refractivity contribution is -0.384. The Hall–Kier alpha value is -3.30. The molecule has 0 bridgehead atoms. The Morgan fingerprint density at radius 2 is 1.70 bits per heavy atom. The zero-order valence-corrected chi connectivity index (χ0v) is 20.1. The Balaban J connectivity index is 1.94. The third-order valence-electron chi connectivity index (χ3n) is 5.57. The number of aryl methyl sites for hydroxylation is 2. The molecule has 1 unspecified atom stereocenters. The lowest BCUT2D eigenvalue weighted by atomic mass is 10.1. The van der Waals surface area contributed by atoms with Crippen LogP contribution in [0.15, 0.2) is 76.1 Å². The minimum absolute atomic E-state index is 0.148. The van der Waals surface area contributed by atoms with Crippen molar-refractivity contribution in [1.82, 2.24) is 0 Å². The van der Waals surface area contributed by atoms with Crippen LogP contribution >= 0.6 is 15.9 Å². The SMILES string of the molecule is Cc1ccc(N2C(=O)/C(=C\c3ccc(Br)cc3)S(=O)(=O)C2c2cccc([N+](=O)[O-])c2)cc1C. The smallest absolute Gasteiger partial charge is 0.271 e. The Morgan fingerprint density at radius 1 is 1.00 bits per heavy atom. The normalized spacial score (nSPS) is 18.6. The van der Waals surface area contributed by atoms with E-state index in [1.807, 2.05) is 19.9 Å². The number of nitrogens with zero attached hydrogens (tertiary/aromatic N) is 2. The van der Waals surface area contributed by atoms with Crippen molar-refractivity contribution in [2.75, 3.05) is 4.90 Å². The number of nitro benzene ring substituents is 1. The van der Waals surface area contributed by atoms with Gasteiger partial charge < -0.3 is 0 Å². The number of hydrogen-bond acceptors (Lipinski definition) is 5. The molecule has 1 heterocycles. The summed E-state index contributed by atoms with van der Waals surface area (Å²) >= 11 is 3.33. The second kappa shape index (κ2) is 8.57. The molecular weight excluding hydrogens is 508 g/mol. The van der Waals surface area contributed by atoms with Crippen LogP contribution in [0.2, 0.25) is 0 Å². The molecule has 0 spiro atoms. The van der Waals surface area contributed by atoms with Crippen LogP contribution in [0.3, 0.4) is 0 Å². The van der Waals surface area contributed by atoms with Crippen molar-refractivity contribution in [1.29, 1.82) is 0 Å². The maximum Gasteiger partial charge on any atom is 0.271 e. The molecule has 1 aliphatic rings. The fourth-order valence-electron chi connectivity index (χ4n) is 3.71. The largest absolute Gasteiger partial charge is 0.286 e. The second-order valence-corrected chi connectivity index (χ2v) is 10.6. The van der Waals surface area contributed by atoms with Crippen LogP contribution < -0.4 is 4.90 Å². The number of hydrogen-bond donors (Lipinski definition) is 0. The highest BCUT2D eigenvalue weighted by atomic mass is 79.9. The van der Waals surface area contributed by atoms with E-state index in [9.17, 15) is 23.3 Å². The lowest BCUT2D eigenvalue weighted by Crippen LogP contribution is -2.29. The third-order valence-corrected chi connectivity index (χ3v) is 8.07. The summed E-state index contributed by atoms with van der Waals surface area (Å²) in [5, 5.41) is 9.90. The van der Waals surface area contributed by atoms with Gasteiger partial charge in [-0.2, -0.15) is 0 Å². The third kappa shape index (κ3) is 4.21. The number of non-ortho nitro benzene ring substituents is 1. The van der Waals surface area contributed by atoms with Crippen molar-refractivity contribution in [2.45, 2.75) is 19.2 Å². The van der Waals surface area contributed by atoms with E-state index in [-0.39, 0.29) is 16.2 Å². The zero-order valence-electron chi connectivity index (χ0n) is 17.7. The second-order valence-electron chi connectivity index (χ2n) is 7.75. The van der Waals surface area contributed by atoms with Crippen LogP contribution in [0.5, 0.6) is 0 Å². The fourth-order valence-corrected chi connectivity index (χ4v) is 5.86. The van der Waals surface area contributed by atoms with E-state index < -0.39 is 26.0 Å². The van der Waals surface area contributed by atoms with Gasteiger partial charge in [0.25, 0.3) is 11.6 Å². The topological polar surface area (TPSA) is 97.6 Å². The highest BCUT2D eigenvalue weighted by Gasteiger charge is 2.50. The quantitative estimate of drug-likeness (QED) is 0.255. The van der Waals surface area contributed by atoms with E-state index in [0.717, 1.165) is 15.6 Å². The van der Waals surface area contributed by atoms with Gasteiger partial charge >= 0.3 is 0 Å². The number of amides is 1. The lowest BCUT2D eigenvalue weighted by Gasteiger charge is -2.24. The van der Waals surface area contributed by atoms with Gasteiger partial charge in [-0.1, -0.05) is 46.3 Å². The summed E-state index contributed by atoms with van der Waals surface area (Å²) in [6.07, 6.45) is 1.34. The highest BCUT2D eigenvalue weighted by Crippen LogP contribution is 2.44. The molecule has 168 valence electrons. The van der Waals surface area contributed by atoms with Gasteiger partial charge in [0, 0.05) is 22.3 Å². The van der Waals surface area contributed by atoms with Crippen molar-refractivity contribution in [3.63, 3.8) is 0 Å². The Morgan fingerprint density at radius 3 is 2.33 bits per heavy atom. The Kier molecular flexibility index (Phi) is 5.94. The van der Waals surface area contributed by atoms with Gasteiger partial charge in [0.15, 0.2) is 5.37 Å².